The third-order valence-corrected chi connectivity index (χ3v) is 12.3. The van der Waals surface area contributed by atoms with Gasteiger partial charge in [0.25, 0.3) is 0 Å². The summed E-state index contributed by atoms with van der Waals surface area (Å²) in [7, 11) is 0. The Hall–Kier alpha value is -2.44. The maximum Gasteiger partial charge on any atom is 0.306 e. The third kappa shape index (κ3) is 46.1. The van der Waals surface area contributed by atoms with Crippen LogP contribution in [0.5, 0.6) is 0 Å². The minimum absolute atomic E-state index is 0.0541. The summed E-state index contributed by atoms with van der Waals surface area (Å²) in [6.07, 6.45) is 64.2. The van der Waals surface area contributed by atoms with Crippen molar-refractivity contribution in [2.75, 3.05) is 6.61 Å². The molecule has 0 spiro atoms. The predicted octanol–water partition coefficient (Wildman–Crippen LogP) is 16.8. The van der Waals surface area contributed by atoms with Gasteiger partial charge in [0.05, 0.1) is 25.2 Å². The molecule has 0 aliphatic rings. The lowest BCUT2D eigenvalue weighted by Crippen LogP contribution is -2.46. The summed E-state index contributed by atoms with van der Waals surface area (Å²) in [6.45, 7) is 6.43. The summed E-state index contributed by atoms with van der Waals surface area (Å²) < 4.78 is 5.93. The summed E-state index contributed by atoms with van der Waals surface area (Å²) in [6, 6.07) is -0.714. The van der Waals surface area contributed by atoms with Crippen LogP contribution in [0.1, 0.15) is 271 Å². The van der Waals surface area contributed by atoms with E-state index >= 15 is 0 Å². The van der Waals surface area contributed by atoms with Gasteiger partial charge in [-0.25, -0.2) is 0 Å². The number of ether oxygens (including phenoxy) is 1. The Kier molecular flexibility index (Phi) is 49.6. The van der Waals surface area contributed by atoms with Crippen LogP contribution in [-0.2, 0) is 14.3 Å². The molecule has 372 valence electrons. The lowest BCUT2D eigenvalue weighted by molar-refractivity contribution is -0.151. The van der Waals surface area contributed by atoms with Crippen LogP contribution in [0.3, 0.4) is 0 Å². The van der Waals surface area contributed by atoms with E-state index in [2.05, 4.69) is 86.8 Å². The number of hydrogen-bond donors (Lipinski definition) is 3. The number of nitrogens with one attached hydrogen (secondary N) is 1. The van der Waals surface area contributed by atoms with Crippen molar-refractivity contribution in [2.45, 2.75) is 289 Å². The van der Waals surface area contributed by atoms with E-state index < -0.39 is 18.2 Å². The first-order valence-corrected chi connectivity index (χ1v) is 27.5. The van der Waals surface area contributed by atoms with Gasteiger partial charge in [0.2, 0.25) is 5.91 Å². The molecule has 0 aromatic heterocycles. The molecule has 0 rings (SSSR count). The van der Waals surface area contributed by atoms with E-state index in [0.717, 1.165) is 103 Å². The van der Waals surface area contributed by atoms with Crippen LogP contribution in [0.25, 0.3) is 0 Å². The van der Waals surface area contributed by atoms with Crippen molar-refractivity contribution in [1.29, 1.82) is 0 Å². The van der Waals surface area contributed by atoms with Crippen molar-refractivity contribution < 1.29 is 24.5 Å². The number of carbonyl (C=O) groups is 2. The van der Waals surface area contributed by atoms with Gasteiger partial charge in [-0.15, -0.1) is 0 Å². The largest absolute Gasteiger partial charge is 0.462 e. The zero-order valence-corrected chi connectivity index (χ0v) is 42.4. The van der Waals surface area contributed by atoms with Gasteiger partial charge in [0.15, 0.2) is 0 Å². The Labute approximate surface area is 397 Å². The van der Waals surface area contributed by atoms with E-state index in [-0.39, 0.29) is 24.9 Å². The number of rotatable bonds is 49. The summed E-state index contributed by atoms with van der Waals surface area (Å²) >= 11 is 0. The zero-order valence-electron chi connectivity index (χ0n) is 42.4. The van der Waals surface area contributed by atoms with Crippen LogP contribution in [0.2, 0.25) is 0 Å². The van der Waals surface area contributed by atoms with Gasteiger partial charge in [-0.05, 0) is 89.9 Å². The highest BCUT2D eigenvalue weighted by atomic mass is 16.5. The molecule has 3 atom stereocenters. The van der Waals surface area contributed by atoms with E-state index in [1.54, 1.807) is 0 Å². The average Bonchev–Trinajstić information content (AvgIpc) is 3.29. The normalized spacial score (nSPS) is 13.6. The Morgan fingerprint density at radius 1 is 0.469 bits per heavy atom. The molecule has 64 heavy (non-hydrogen) atoms. The quantitative estimate of drug-likeness (QED) is 0.0245. The van der Waals surface area contributed by atoms with Crippen molar-refractivity contribution in [1.82, 2.24) is 5.32 Å². The minimum atomic E-state index is -0.799. The summed E-state index contributed by atoms with van der Waals surface area (Å²) in [5.74, 6) is -0.515. The van der Waals surface area contributed by atoms with Crippen molar-refractivity contribution in [3.05, 3.63) is 60.8 Å². The Bertz CT molecular complexity index is 1140. The van der Waals surface area contributed by atoms with E-state index in [1.807, 2.05) is 0 Å². The number of unbranched alkanes of at least 4 members (excludes halogenated alkanes) is 28. The van der Waals surface area contributed by atoms with Gasteiger partial charge in [-0.2, -0.15) is 0 Å². The Morgan fingerprint density at radius 2 is 0.844 bits per heavy atom. The highest BCUT2D eigenvalue weighted by Crippen LogP contribution is 2.18. The highest BCUT2D eigenvalue weighted by Gasteiger charge is 2.24. The average molecular weight is 896 g/mol. The molecule has 3 unspecified atom stereocenters. The number of esters is 1. The number of carbonyl (C=O) groups excluding carboxylic acids is 2. The third-order valence-electron chi connectivity index (χ3n) is 12.3. The van der Waals surface area contributed by atoms with Gasteiger partial charge >= 0.3 is 5.97 Å². The Morgan fingerprint density at radius 3 is 1.33 bits per heavy atom. The second-order valence-electron chi connectivity index (χ2n) is 18.7. The van der Waals surface area contributed by atoms with Gasteiger partial charge < -0.3 is 20.3 Å². The lowest BCUT2D eigenvalue weighted by atomic mass is 10.0. The fourth-order valence-electron chi connectivity index (χ4n) is 8.13. The molecule has 0 saturated carbocycles. The molecule has 6 nitrogen and oxygen atoms in total. The van der Waals surface area contributed by atoms with Gasteiger partial charge in [0.1, 0.15) is 6.10 Å². The fraction of sp³-hybridized carbons (Fsp3) is 0.793. The molecule has 3 N–H and O–H groups in total. The summed E-state index contributed by atoms with van der Waals surface area (Å²) in [4.78, 5) is 26.2. The number of amides is 1. The molecule has 0 aromatic rings. The van der Waals surface area contributed by atoms with Gasteiger partial charge in [0, 0.05) is 6.42 Å². The van der Waals surface area contributed by atoms with E-state index in [1.165, 1.54) is 122 Å². The van der Waals surface area contributed by atoms with E-state index in [4.69, 9.17) is 4.74 Å². The first-order chi connectivity index (χ1) is 31.5. The van der Waals surface area contributed by atoms with Crippen LogP contribution in [0, 0.1) is 0 Å². The minimum Gasteiger partial charge on any atom is -0.462 e. The van der Waals surface area contributed by atoms with Crippen molar-refractivity contribution >= 4 is 11.9 Å². The standard InChI is InChI=1S/C58H105NO5/c1-4-7-10-13-16-19-22-25-27-28-30-33-36-39-42-45-48-51-58(63)64-54(49-46-43-40-37-34-31-24-21-18-15-12-9-6-3)52-57(62)59-55(53-60)56(61)50-47-44-41-38-35-32-29-26-23-20-17-14-11-8-5-2/h16,18-19,21,24-25,27,30-31,33,54-56,60-61H,4-15,17,20,22-23,26,28-29,32,34-53H2,1-3H3,(H,59,62)/b19-16-,21-18+,27-25-,31-24+,33-30-. The first kappa shape index (κ1) is 61.6. The topological polar surface area (TPSA) is 95.9 Å². The van der Waals surface area contributed by atoms with Gasteiger partial charge in [-0.1, -0.05) is 229 Å². The molecule has 0 fully saturated rings. The maximum absolute atomic E-state index is 13.2. The second-order valence-corrected chi connectivity index (χ2v) is 18.7. The van der Waals surface area contributed by atoms with Crippen molar-refractivity contribution in [3.8, 4) is 0 Å². The number of aliphatic hydroxyl groups is 2. The zero-order chi connectivity index (χ0) is 46.7. The van der Waals surface area contributed by atoms with Crippen LogP contribution in [0.15, 0.2) is 60.8 Å². The SMILES string of the molecule is CCCCC/C=C\C/C=C\C/C=C\CCCCCCC(=O)OC(CCCCCC/C=C/C=C/CCCCC)CC(=O)NC(CO)C(O)CCCCCCCCCCCCCCCCC. The van der Waals surface area contributed by atoms with Gasteiger partial charge in [-0.3, -0.25) is 9.59 Å². The van der Waals surface area contributed by atoms with E-state index in [9.17, 15) is 19.8 Å². The smallest absolute Gasteiger partial charge is 0.306 e. The number of hydrogen-bond acceptors (Lipinski definition) is 5. The van der Waals surface area contributed by atoms with Crippen LogP contribution in [0.4, 0.5) is 0 Å². The number of allylic oxidation sites excluding steroid dienone is 10. The highest BCUT2D eigenvalue weighted by molar-refractivity contribution is 5.77. The molecule has 1 amide bonds. The molecule has 0 saturated heterocycles. The monoisotopic (exact) mass is 896 g/mol. The molecule has 0 aromatic carbocycles. The number of aliphatic hydroxyl groups excluding tert-OH is 2. The molecule has 0 aliphatic carbocycles. The predicted molar refractivity (Wildman–Crippen MR) is 278 cm³/mol. The van der Waals surface area contributed by atoms with Crippen LogP contribution in [-0.4, -0.2) is 46.9 Å². The Balaban J connectivity index is 4.60. The molecule has 6 heteroatoms. The van der Waals surface area contributed by atoms with Crippen molar-refractivity contribution in [3.63, 3.8) is 0 Å². The molecular formula is C58H105NO5. The van der Waals surface area contributed by atoms with E-state index in [0.29, 0.717) is 19.3 Å². The maximum atomic E-state index is 13.2. The van der Waals surface area contributed by atoms with Crippen molar-refractivity contribution in [2.24, 2.45) is 0 Å². The summed E-state index contributed by atoms with van der Waals surface area (Å²) in [5, 5.41) is 23.8. The molecule has 0 aliphatic heterocycles. The first-order valence-electron chi connectivity index (χ1n) is 27.5. The van der Waals surface area contributed by atoms with Crippen LogP contribution >= 0.6 is 0 Å². The van der Waals surface area contributed by atoms with Crippen LogP contribution < -0.4 is 5.32 Å². The fourth-order valence-corrected chi connectivity index (χ4v) is 8.13. The lowest BCUT2D eigenvalue weighted by Gasteiger charge is -2.24. The second kappa shape index (κ2) is 51.5. The molecule has 0 bridgehead atoms. The molecular weight excluding hydrogens is 791 g/mol. The molecule has 0 heterocycles. The molecule has 0 radical (unpaired) electrons. The summed E-state index contributed by atoms with van der Waals surface area (Å²) in [5.41, 5.74) is 0.